The first-order valence-corrected chi connectivity index (χ1v) is 14.5. The lowest BCUT2D eigenvalue weighted by molar-refractivity contribution is -0.199. The molecule has 0 atom stereocenters. The van der Waals surface area contributed by atoms with Crippen LogP contribution in [0.3, 0.4) is 0 Å². The second-order valence-electron chi connectivity index (χ2n) is 10.8. The molecule has 1 aromatic carbocycles. The van der Waals surface area contributed by atoms with Crippen molar-refractivity contribution in [1.82, 2.24) is 20.0 Å². The van der Waals surface area contributed by atoms with Crippen molar-refractivity contribution in [3.05, 3.63) is 44.1 Å². The molecule has 16 heteroatoms. The minimum absolute atomic E-state index is 0.0397. The van der Waals surface area contributed by atoms with Gasteiger partial charge in [-0.3, -0.25) is 14.4 Å². The molecule has 0 amide bonds. The number of halogens is 7. The average Bonchev–Trinajstić information content (AvgIpc) is 3.58. The molecule has 43 heavy (non-hydrogen) atoms. The van der Waals surface area contributed by atoms with Gasteiger partial charge in [0.1, 0.15) is 22.8 Å². The van der Waals surface area contributed by atoms with Crippen molar-refractivity contribution in [3.63, 3.8) is 0 Å². The second-order valence-corrected chi connectivity index (χ2v) is 11.9. The number of aromatic nitrogens is 3. The Bertz CT molecular complexity index is 1470. The van der Waals surface area contributed by atoms with Crippen LogP contribution in [0.5, 0.6) is 11.5 Å². The van der Waals surface area contributed by atoms with E-state index in [4.69, 9.17) is 9.47 Å². The summed E-state index contributed by atoms with van der Waals surface area (Å²) in [5, 5.41) is 3.41. The number of hydrogen-bond donors (Lipinski definition) is 1. The molecule has 3 aromatic rings. The number of alkyl halides is 6. The number of likely N-dealkylation sites (tertiary alicyclic amines) is 1. The molecule has 1 aliphatic carbocycles. The normalized spacial score (nSPS) is 18.6. The number of nitrogens with one attached hydrogen (secondary N) is 1. The van der Waals surface area contributed by atoms with Crippen molar-refractivity contribution in [3.8, 4) is 22.9 Å². The minimum atomic E-state index is -4.55. The van der Waals surface area contributed by atoms with Crippen molar-refractivity contribution in [2.75, 3.05) is 20.2 Å². The molecule has 236 valence electrons. The van der Waals surface area contributed by atoms with Crippen molar-refractivity contribution in [1.29, 1.82) is 0 Å². The number of ether oxygens (including phenoxy) is 2. The number of aromatic amines is 1. The van der Waals surface area contributed by atoms with Crippen LogP contribution in [0.2, 0.25) is 0 Å². The van der Waals surface area contributed by atoms with E-state index < -0.39 is 35.3 Å². The van der Waals surface area contributed by atoms with E-state index >= 15 is 4.39 Å². The number of nitrogens with zero attached hydrogens (tertiary/aromatic N) is 3. The van der Waals surface area contributed by atoms with Gasteiger partial charge in [-0.1, -0.05) is 24.4 Å². The monoisotopic (exact) mass is 638 g/mol. The molecule has 1 saturated carbocycles. The Balaban J connectivity index is 1.43. The number of H-pyrrole nitrogens is 1. The van der Waals surface area contributed by atoms with E-state index in [0.29, 0.717) is 24.1 Å². The van der Waals surface area contributed by atoms with E-state index in [1.54, 1.807) is 4.90 Å². The highest BCUT2D eigenvalue weighted by atomic mass is 32.1. The lowest BCUT2D eigenvalue weighted by Crippen LogP contribution is -2.44. The Morgan fingerprint density at radius 1 is 1.09 bits per heavy atom. The molecule has 0 unspecified atom stereocenters. The molecule has 2 aromatic heterocycles. The molecular weight excluding hydrogens is 609 g/mol. The average molecular weight is 639 g/mol. The third-order valence-corrected chi connectivity index (χ3v) is 9.44. The topological polar surface area (TPSA) is 93.5 Å². The SMILES string of the molecule is COc1cc(OCc2sc(C3(C(F)(F)F)CCCCC3)nc2CN2CCC(C(F)(F)F)CC2)c(F)cc1-c1noc(=O)[nH]1. The van der Waals surface area contributed by atoms with Gasteiger partial charge < -0.3 is 9.47 Å². The number of thiazole rings is 1. The zero-order valence-electron chi connectivity index (χ0n) is 23.0. The fourth-order valence-corrected chi connectivity index (χ4v) is 6.97. The predicted octanol–water partition coefficient (Wildman–Crippen LogP) is 6.75. The first-order valence-electron chi connectivity index (χ1n) is 13.7. The second kappa shape index (κ2) is 12.1. The first-order chi connectivity index (χ1) is 20.3. The van der Waals surface area contributed by atoms with Gasteiger partial charge in [-0.25, -0.2) is 14.2 Å². The fraction of sp³-hybridized carbons (Fsp3) is 0.593. The van der Waals surface area contributed by atoms with Crippen molar-refractivity contribution >= 4 is 11.3 Å². The Morgan fingerprint density at radius 3 is 2.37 bits per heavy atom. The highest BCUT2D eigenvalue weighted by molar-refractivity contribution is 7.11. The van der Waals surface area contributed by atoms with Gasteiger partial charge in [-0.05, 0) is 44.8 Å². The van der Waals surface area contributed by atoms with Crippen LogP contribution in [0, 0.1) is 11.7 Å². The molecule has 0 spiro atoms. The molecule has 2 aliphatic rings. The molecular formula is C27H29F7N4O4S. The highest BCUT2D eigenvalue weighted by Gasteiger charge is 2.58. The summed E-state index contributed by atoms with van der Waals surface area (Å²) < 4.78 is 114. The first kappa shape index (κ1) is 31.3. The molecule has 1 saturated heterocycles. The maximum Gasteiger partial charge on any atom is 0.439 e. The Labute approximate surface area is 245 Å². The third kappa shape index (κ3) is 6.54. The Hall–Kier alpha value is -3.14. The van der Waals surface area contributed by atoms with E-state index in [9.17, 15) is 31.1 Å². The van der Waals surface area contributed by atoms with E-state index in [-0.39, 0.29) is 85.5 Å². The summed E-state index contributed by atoms with van der Waals surface area (Å²) in [4.78, 5) is 20.1. The van der Waals surface area contributed by atoms with Gasteiger partial charge in [0.25, 0.3) is 0 Å². The van der Waals surface area contributed by atoms with Gasteiger partial charge in [0.15, 0.2) is 17.4 Å². The lowest BCUT2D eigenvalue weighted by Gasteiger charge is -2.37. The fourth-order valence-electron chi connectivity index (χ4n) is 5.72. The van der Waals surface area contributed by atoms with Gasteiger partial charge in [-0.15, -0.1) is 11.3 Å². The predicted molar refractivity (Wildman–Crippen MR) is 140 cm³/mol. The smallest absolute Gasteiger partial charge is 0.439 e. The zero-order chi connectivity index (χ0) is 31.0. The summed E-state index contributed by atoms with van der Waals surface area (Å²) in [5.41, 5.74) is -1.79. The van der Waals surface area contributed by atoms with Gasteiger partial charge in [0.05, 0.1) is 29.2 Å². The summed E-state index contributed by atoms with van der Waals surface area (Å²) in [6.07, 6.45) is -7.86. The van der Waals surface area contributed by atoms with E-state index in [1.807, 2.05) is 0 Å². The molecule has 1 N–H and O–H groups in total. The molecule has 1 aliphatic heterocycles. The minimum Gasteiger partial charge on any atom is -0.496 e. The standard InChI is InChI=1S/C27H29F7N4O4S/c1-40-19-12-20(17(28)11-16(19)22-36-24(39)42-37-22)41-14-21-18(13-38-9-5-15(6-10-38)26(29,30)31)35-23(43-21)25(27(32,33)34)7-3-2-4-8-25/h11-12,15H,2-10,13-14H2,1H3,(H,36,37,39). The van der Waals surface area contributed by atoms with Crippen LogP contribution >= 0.6 is 11.3 Å². The lowest BCUT2D eigenvalue weighted by atomic mass is 9.74. The Kier molecular flexibility index (Phi) is 8.80. The molecule has 2 fully saturated rings. The molecule has 3 heterocycles. The highest BCUT2D eigenvalue weighted by Crippen LogP contribution is 2.52. The van der Waals surface area contributed by atoms with Crippen LogP contribution in [0.25, 0.3) is 11.4 Å². The van der Waals surface area contributed by atoms with Gasteiger partial charge >= 0.3 is 18.1 Å². The molecule has 5 rings (SSSR count). The molecule has 0 bridgehead atoms. The number of piperidine rings is 1. The van der Waals surface area contributed by atoms with Crippen molar-refractivity contribution in [2.24, 2.45) is 5.92 Å². The van der Waals surface area contributed by atoms with Crippen LogP contribution in [0.15, 0.2) is 21.5 Å². The third-order valence-electron chi connectivity index (χ3n) is 8.17. The van der Waals surface area contributed by atoms with E-state index in [1.165, 1.54) is 13.2 Å². The summed E-state index contributed by atoms with van der Waals surface area (Å²) in [5.74, 6) is -3.42. The Morgan fingerprint density at radius 2 is 1.79 bits per heavy atom. The quantitative estimate of drug-likeness (QED) is 0.273. The number of hydrogen-bond acceptors (Lipinski definition) is 8. The van der Waals surface area contributed by atoms with Crippen LogP contribution < -0.4 is 15.2 Å². The van der Waals surface area contributed by atoms with Crippen LogP contribution in [0.4, 0.5) is 30.7 Å². The van der Waals surface area contributed by atoms with Gasteiger partial charge in [0.2, 0.25) is 0 Å². The van der Waals surface area contributed by atoms with E-state index in [0.717, 1.165) is 17.4 Å². The number of rotatable bonds is 8. The van der Waals surface area contributed by atoms with Gasteiger partial charge in [-0.2, -0.15) is 26.3 Å². The molecule has 8 nitrogen and oxygen atoms in total. The van der Waals surface area contributed by atoms with Crippen LogP contribution in [0.1, 0.15) is 60.5 Å². The van der Waals surface area contributed by atoms with E-state index in [2.05, 4.69) is 19.6 Å². The maximum absolute atomic E-state index is 15.1. The number of benzene rings is 1. The largest absolute Gasteiger partial charge is 0.496 e. The van der Waals surface area contributed by atoms with Crippen LogP contribution in [-0.4, -0.2) is 52.6 Å². The summed E-state index contributed by atoms with van der Waals surface area (Å²) in [6, 6.07) is 2.21. The number of methoxy groups -OCH3 is 1. The summed E-state index contributed by atoms with van der Waals surface area (Å²) in [7, 11) is 1.30. The maximum atomic E-state index is 15.1. The molecule has 0 radical (unpaired) electrons. The van der Waals surface area contributed by atoms with Crippen LogP contribution in [-0.2, 0) is 18.6 Å². The van der Waals surface area contributed by atoms with Crippen molar-refractivity contribution < 1.29 is 44.7 Å². The zero-order valence-corrected chi connectivity index (χ0v) is 23.9. The van der Waals surface area contributed by atoms with Crippen molar-refractivity contribution in [2.45, 2.75) is 75.9 Å². The summed E-state index contributed by atoms with van der Waals surface area (Å²) >= 11 is 0.844. The summed E-state index contributed by atoms with van der Waals surface area (Å²) in [6.45, 7) is -0.0729. The van der Waals surface area contributed by atoms with Gasteiger partial charge in [0, 0.05) is 12.6 Å².